The fourth-order valence-electron chi connectivity index (χ4n) is 4.29. The Morgan fingerprint density at radius 1 is 1.28 bits per heavy atom. The molecule has 2 amide bonds. The van der Waals surface area contributed by atoms with Gasteiger partial charge in [-0.3, -0.25) is 14.5 Å². The molecule has 2 aliphatic rings. The summed E-state index contributed by atoms with van der Waals surface area (Å²) in [6, 6.07) is 10.4. The van der Waals surface area contributed by atoms with E-state index in [4.69, 9.17) is 9.47 Å². The Balaban J connectivity index is 1.10. The number of aromatic nitrogens is 2. The van der Waals surface area contributed by atoms with E-state index in [-0.39, 0.29) is 17.9 Å². The molecule has 2 aliphatic heterocycles. The van der Waals surface area contributed by atoms with Crippen molar-refractivity contribution in [2.24, 2.45) is 0 Å². The number of thioether (sulfide) groups is 1. The largest absolute Gasteiger partial charge is 0.497 e. The molecular formula is C25H27N5O5S. The monoisotopic (exact) mass is 509 g/mol. The Labute approximate surface area is 212 Å². The summed E-state index contributed by atoms with van der Waals surface area (Å²) in [6.45, 7) is 2.14. The van der Waals surface area contributed by atoms with Crippen LogP contribution in [0.5, 0.6) is 11.6 Å². The number of amides is 2. The third-order valence-electron chi connectivity index (χ3n) is 6.24. The number of hydrogen-bond donors (Lipinski definition) is 3. The van der Waals surface area contributed by atoms with Crippen LogP contribution in [0.3, 0.4) is 0 Å². The van der Waals surface area contributed by atoms with Crippen LogP contribution in [-0.2, 0) is 4.79 Å². The molecule has 1 unspecified atom stereocenters. The van der Waals surface area contributed by atoms with E-state index in [0.29, 0.717) is 66.8 Å². The number of β-amino-alcohol motifs (C(OH)–C–C–N with tert-alkyl or cyclic N) is 1. The van der Waals surface area contributed by atoms with Gasteiger partial charge in [0.1, 0.15) is 12.4 Å². The number of piperidine rings is 1. The normalized spacial score (nSPS) is 19.9. The van der Waals surface area contributed by atoms with Crippen molar-refractivity contribution in [3.63, 3.8) is 0 Å². The van der Waals surface area contributed by atoms with E-state index in [2.05, 4.69) is 25.5 Å². The lowest BCUT2D eigenvalue weighted by Gasteiger charge is -2.36. The van der Waals surface area contributed by atoms with Gasteiger partial charge in [-0.25, -0.2) is 9.97 Å². The van der Waals surface area contributed by atoms with Gasteiger partial charge < -0.3 is 25.2 Å². The number of methoxy groups -OCH3 is 1. The molecule has 3 aromatic rings. The molecule has 5 rings (SSSR count). The fraction of sp³-hybridized carbons (Fsp3) is 0.360. The third-order valence-corrected chi connectivity index (χ3v) is 7.32. The van der Waals surface area contributed by atoms with Gasteiger partial charge >= 0.3 is 0 Å². The van der Waals surface area contributed by atoms with Crippen LogP contribution in [0.15, 0.2) is 47.5 Å². The smallest absolute Gasteiger partial charge is 0.251 e. The zero-order valence-corrected chi connectivity index (χ0v) is 20.6. The molecule has 0 saturated carbocycles. The summed E-state index contributed by atoms with van der Waals surface area (Å²) in [7, 11) is 1.60. The minimum Gasteiger partial charge on any atom is -0.497 e. The van der Waals surface area contributed by atoms with Crippen LogP contribution in [0.1, 0.15) is 16.8 Å². The van der Waals surface area contributed by atoms with Crippen LogP contribution >= 0.6 is 11.8 Å². The molecule has 0 bridgehead atoms. The summed E-state index contributed by atoms with van der Waals surface area (Å²) in [6.07, 6.45) is 1.50. The number of aliphatic hydroxyl groups excluding tert-OH is 1. The van der Waals surface area contributed by atoms with E-state index in [1.54, 1.807) is 25.4 Å². The zero-order chi connectivity index (χ0) is 25.1. The number of likely N-dealkylation sites (tertiary alicyclic amines) is 1. The number of carbonyl (C=O) groups is 2. The predicted octanol–water partition coefficient (Wildman–Crippen LogP) is 1.93. The van der Waals surface area contributed by atoms with Crippen LogP contribution in [0.25, 0.3) is 11.0 Å². The van der Waals surface area contributed by atoms with E-state index in [0.717, 1.165) is 10.4 Å². The second-order valence-electron chi connectivity index (χ2n) is 8.70. The summed E-state index contributed by atoms with van der Waals surface area (Å²) in [5, 5.41) is 16.4. The highest BCUT2D eigenvalue weighted by atomic mass is 32.2. The maximum Gasteiger partial charge on any atom is 0.251 e. The lowest BCUT2D eigenvalue weighted by molar-refractivity contribution is -0.113. The fourth-order valence-corrected chi connectivity index (χ4v) is 5.08. The van der Waals surface area contributed by atoms with Gasteiger partial charge in [0.25, 0.3) is 5.91 Å². The molecule has 1 saturated heterocycles. The summed E-state index contributed by atoms with van der Waals surface area (Å²) < 4.78 is 11.0. The number of rotatable bonds is 7. The lowest BCUT2D eigenvalue weighted by Crippen LogP contribution is -2.54. The average molecular weight is 510 g/mol. The number of benzene rings is 2. The van der Waals surface area contributed by atoms with Gasteiger partial charge in [0, 0.05) is 36.2 Å². The Morgan fingerprint density at radius 2 is 2.17 bits per heavy atom. The van der Waals surface area contributed by atoms with Crippen molar-refractivity contribution >= 4 is 40.3 Å². The first-order chi connectivity index (χ1) is 17.5. The van der Waals surface area contributed by atoms with E-state index in [1.165, 1.54) is 11.8 Å². The quantitative estimate of drug-likeness (QED) is 0.438. The van der Waals surface area contributed by atoms with Crippen LogP contribution in [-0.4, -0.2) is 83.0 Å². The number of ether oxygens (including phenoxy) is 2. The summed E-state index contributed by atoms with van der Waals surface area (Å²) in [5.74, 6) is 1.16. The zero-order valence-electron chi connectivity index (χ0n) is 19.8. The molecule has 1 aromatic heterocycles. The second kappa shape index (κ2) is 10.7. The molecule has 10 nitrogen and oxygen atoms in total. The standard InChI is InChI=1S/C25H27N5O5S/c1-34-16-3-4-17-19(11-16)28-24(12-26-17)35-9-8-30-7-6-18(21(31)13-30)29-25(33)15-2-5-22-20(10-15)27-23(32)14-36-22/h2-5,10-12,18,21,31H,6-9,13-14H2,1H3,(H,27,32)(H,29,33)/t18?,21-/m1/s1. The van der Waals surface area contributed by atoms with Crippen LogP contribution in [0, 0.1) is 0 Å². The molecule has 1 fully saturated rings. The molecule has 0 radical (unpaired) electrons. The van der Waals surface area contributed by atoms with Crippen LogP contribution in [0.4, 0.5) is 5.69 Å². The molecule has 36 heavy (non-hydrogen) atoms. The van der Waals surface area contributed by atoms with Crippen LogP contribution < -0.4 is 20.1 Å². The average Bonchev–Trinajstić information content (AvgIpc) is 2.89. The number of nitrogens with zero attached hydrogens (tertiary/aromatic N) is 3. The van der Waals surface area contributed by atoms with Gasteiger partial charge in [-0.1, -0.05) is 0 Å². The Hall–Kier alpha value is -3.41. The lowest BCUT2D eigenvalue weighted by atomic mass is 10.0. The number of fused-ring (bicyclic) bond motifs is 2. The SMILES string of the molecule is COc1ccc2ncc(OCCN3CCC(NC(=O)c4ccc5c(c4)NC(=O)CS5)[C@H](O)C3)nc2c1. The van der Waals surface area contributed by atoms with Gasteiger partial charge in [-0.15, -0.1) is 11.8 Å². The van der Waals surface area contributed by atoms with Crippen molar-refractivity contribution < 1.29 is 24.2 Å². The van der Waals surface area contributed by atoms with E-state index in [1.807, 2.05) is 24.3 Å². The number of aliphatic hydroxyl groups is 1. The first kappa shape index (κ1) is 24.3. The van der Waals surface area contributed by atoms with Gasteiger partial charge in [0.05, 0.1) is 47.9 Å². The van der Waals surface area contributed by atoms with Gasteiger partial charge in [0.15, 0.2) is 0 Å². The topological polar surface area (TPSA) is 126 Å². The molecule has 11 heteroatoms. The molecule has 2 atom stereocenters. The van der Waals surface area contributed by atoms with Crippen LogP contribution in [0.2, 0.25) is 0 Å². The molecule has 188 valence electrons. The van der Waals surface area contributed by atoms with Crippen molar-refractivity contribution in [2.45, 2.75) is 23.5 Å². The van der Waals surface area contributed by atoms with E-state index < -0.39 is 6.10 Å². The molecule has 3 heterocycles. The number of hydrogen-bond acceptors (Lipinski definition) is 9. The Morgan fingerprint density at radius 3 is 3.00 bits per heavy atom. The molecule has 0 spiro atoms. The highest BCUT2D eigenvalue weighted by molar-refractivity contribution is 8.00. The predicted molar refractivity (Wildman–Crippen MR) is 136 cm³/mol. The Kier molecular flexibility index (Phi) is 7.21. The summed E-state index contributed by atoms with van der Waals surface area (Å²) in [5.41, 5.74) is 2.55. The number of carbonyl (C=O) groups excluding carboxylic acids is 2. The molecule has 0 aliphatic carbocycles. The highest BCUT2D eigenvalue weighted by Crippen LogP contribution is 2.32. The van der Waals surface area contributed by atoms with E-state index in [9.17, 15) is 14.7 Å². The van der Waals surface area contributed by atoms with Crippen molar-refractivity contribution in [3.05, 3.63) is 48.2 Å². The van der Waals surface area contributed by atoms with Gasteiger partial charge in [0.2, 0.25) is 11.8 Å². The molecule has 2 aromatic carbocycles. The van der Waals surface area contributed by atoms with Gasteiger partial charge in [-0.05, 0) is 36.8 Å². The van der Waals surface area contributed by atoms with Crippen molar-refractivity contribution in [1.82, 2.24) is 20.2 Å². The number of anilines is 1. The highest BCUT2D eigenvalue weighted by Gasteiger charge is 2.29. The third kappa shape index (κ3) is 5.53. The summed E-state index contributed by atoms with van der Waals surface area (Å²) in [4.78, 5) is 36.3. The number of nitrogens with one attached hydrogen (secondary N) is 2. The van der Waals surface area contributed by atoms with E-state index >= 15 is 0 Å². The maximum atomic E-state index is 12.8. The first-order valence-electron chi connectivity index (χ1n) is 11.7. The minimum atomic E-state index is -0.705. The Bertz CT molecular complexity index is 1290. The summed E-state index contributed by atoms with van der Waals surface area (Å²) >= 11 is 1.45. The first-order valence-corrected chi connectivity index (χ1v) is 12.7. The van der Waals surface area contributed by atoms with Gasteiger partial charge in [-0.2, -0.15) is 0 Å². The second-order valence-corrected chi connectivity index (χ2v) is 9.71. The molecular weight excluding hydrogens is 482 g/mol. The van der Waals surface area contributed by atoms with Crippen molar-refractivity contribution in [2.75, 3.05) is 44.4 Å². The minimum absolute atomic E-state index is 0.0790. The van der Waals surface area contributed by atoms with Crippen molar-refractivity contribution in [3.8, 4) is 11.6 Å². The molecule has 3 N–H and O–H groups in total. The maximum absolute atomic E-state index is 12.8. The van der Waals surface area contributed by atoms with Crippen molar-refractivity contribution in [1.29, 1.82) is 0 Å².